The van der Waals surface area contributed by atoms with E-state index in [1.165, 1.54) is 0 Å². The zero-order valence-electron chi connectivity index (χ0n) is 8.93. The van der Waals surface area contributed by atoms with Crippen LogP contribution in [0.5, 0.6) is 0 Å². The highest BCUT2D eigenvalue weighted by Crippen LogP contribution is 2.39. The SMILES string of the molecule is Cc1ccccc1NC(=O)[C@@H]1C[C@@H]1C(=O)O. The number of para-hydroxylation sites is 1. The minimum absolute atomic E-state index is 0.193. The summed E-state index contributed by atoms with van der Waals surface area (Å²) in [7, 11) is 0. The second-order valence-electron chi connectivity index (χ2n) is 4.09. The fourth-order valence-corrected chi connectivity index (χ4v) is 1.70. The number of nitrogens with one attached hydrogen (secondary N) is 1. The lowest BCUT2D eigenvalue weighted by molar-refractivity contribution is -0.139. The number of anilines is 1. The number of amides is 1. The Morgan fingerprint density at radius 1 is 1.31 bits per heavy atom. The van der Waals surface area contributed by atoms with E-state index >= 15 is 0 Å². The van der Waals surface area contributed by atoms with Crippen molar-refractivity contribution in [3.63, 3.8) is 0 Å². The van der Waals surface area contributed by atoms with Crippen LogP contribution in [0.25, 0.3) is 0 Å². The molecular weight excluding hydrogens is 206 g/mol. The van der Waals surface area contributed by atoms with Crippen LogP contribution < -0.4 is 5.32 Å². The van der Waals surface area contributed by atoms with Crippen LogP contribution in [-0.2, 0) is 9.59 Å². The van der Waals surface area contributed by atoms with Gasteiger partial charge in [-0.05, 0) is 25.0 Å². The first-order valence-electron chi connectivity index (χ1n) is 5.19. The summed E-state index contributed by atoms with van der Waals surface area (Å²) in [6.07, 6.45) is 0.451. The number of carboxylic acids is 1. The van der Waals surface area contributed by atoms with Gasteiger partial charge in [0.1, 0.15) is 0 Å². The third kappa shape index (κ3) is 2.05. The van der Waals surface area contributed by atoms with Crippen molar-refractivity contribution in [3.8, 4) is 0 Å². The van der Waals surface area contributed by atoms with E-state index < -0.39 is 11.9 Å². The van der Waals surface area contributed by atoms with Gasteiger partial charge in [0.15, 0.2) is 0 Å². The predicted octanol–water partition coefficient (Wildman–Crippen LogP) is 1.65. The molecule has 0 unspecified atom stereocenters. The maximum absolute atomic E-state index is 11.7. The molecule has 2 N–H and O–H groups in total. The van der Waals surface area contributed by atoms with Crippen LogP contribution >= 0.6 is 0 Å². The predicted molar refractivity (Wildman–Crippen MR) is 59.0 cm³/mol. The van der Waals surface area contributed by atoms with E-state index in [2.05, 4.69) is 5.32 Å². The van der Waals surface area contributed by atoms with Crippen LogP contribution in [0.4, 0.5) is 5.69 Å². The van der Waals surface area contributed by atoms with Gasteiger partial charge in [0, 0.05) is 5.69 Å². The molecule has 0 spiro atoms. The highest BCUT2D eigenvalue weighted by molar-refractivity contribution is 5.98. The van der Waals surface area contributed by atoms with Gasteiger partial charge in [-0.3, -0.25) is 9.59 Å². The molecule has 1 aromatic carbocycles. The number of carboxylic acid groups (broad SMARTS) is 1. The average Bonchev–Trinajstić information content (AvgIpc) is 3.01. The first-order chi connectivity index (χ1) is 7.59. The van der Waals surface area contributed by atoms with Crippen molar-refractivity contribution in [3.05, 3.63) is 29.8 Å². The third-order valence-electron chi connectivity index (χ3n) is 2.85. The van der Waals surface area contributed by atoms with Gasteiger partial charge in [0.2, 0.25) is 5.91 Å². The molecule has 84 valence electrons. The zero-order valence-corrected chi connectivity index (χ0v) is 8.93. The first-order valence-corrected chi connectivity index (χ1v) is 5.19. The lowest BCUT2D eigenvalue weighted by atomic mass is 10.2. The number of rotatable bonds is 3. The van der Waals surface area contributed by atoms with Crippen molar-refractivity contribution in [2.24, 2.45) is 11.8 Å². The Bertz CT molecular complexity index is 442. The largest absolute Gasteiger partial charge is 0.481 e. The number of hydrogen-bond donors (Lipinski definition) is 2. The van der Waals surface area contributed by atoms with Crippen LogP contribution in [0.3, 0.4) is 0 Å². The van der Waals surface area contributed by atoms with Gasteiger partial charge in [0.25, 0.3) is 0 Å². The summed E-state index contributed by atoms with van der Waals surface area (Å²) < 4.78 is 0. The van der Waals surface area contributed by atoms with Crippen LogP contribution in [0.1, 0.15) is 12.0 Å². The quantitative estimate of drug-likeness (QED) is 0.812. The number of hydrogen-bond acceptors (Lipinski definition) is 2. The average molecular weight is 219 g/mol. The number of aliphatic carboxylic acids is 1. The number of aryl methyl sites for hydroxylation is 1. The topological polar surface area (TPSA) is 66.4 Å². The molecule has 1 saturated carbocycles. The number of carbonyl (C=O) groups excluding carboxylic acids is 1. The second-order valence-corrected chi connectivity index (χ2v) is 4.09. The Labute approximate surface area is 93.3 Å². The maximum Gasteiger partial charge on any atom is 0.307 e. The Kier molecular flexibility index (Phi) is 2.64. The Morgan fingerprint density at radius 2 is 2.00 bits per heavy atom. The molecule has 16 heavy (non-hydrogen) atoms. The van der Waals surface area contributed by atoms with Gasteiger partial charge in [-0.25, -0.2) is 0 Å². The smallest absolute Gasteiger partial charge is 0.307 e. The van der Waals surface area contributed by atoms with Crippen molar-refractivity contribution in [1.29, 1.82) is 0 Å². The number of carbonyl (C=O) groups is 2. The summed E-state index contributed by atoms with van der Waals surface area (Å²) in [4.78, 5) is 22.3. The molecule has 1 amide bonds. The van der Waals surface area contributed by atoms with Gasteiger partial charge >= 0.3 is 5.97 Å². The second kappa shape index (κ2) is 3.96. The molecule has 0 radical (unpaired) electrons. The molecular formula is C12H13NO3. The zero-order chi connectivity index (χ0) is 11.7. The fraction of sp³-hybridized carbons (Fsp3) is 0.333. The maximum atomic E-state index is 11.7. The molecule has 4 heteroatoms. The molecule has 1 fully saturated rings. The van der Waals surface area contributed by atoms with Crippen molar-refractivity contribution in [2.45, 2.75) is 13.3 Å². The molecule has 1 aromatic rings. The van der Waals surface area contributed by atoms with Gasteiger partial charge in [0.05, 0.1) is 11.8 Å². The Hall–Kier alpha value is -1.84. The van der Waals surface area contributed by atoms with Crippen LogP contribution in [0.2, 0.25) is 0 Å². The lowest BCUT2D eigenvalue weighted by Crippen LogP contribution is -2.17. The first kappa shape index (κ1) is 10.7. The Balaban J connectivity index is 1.99. The monoisotopic (exact) mass is 219 g/mol. The standard InChI is InChI=1S/C12H13NO3/c1-7-4-2-3-5-10(7)13-11(14)8-6-9(8)12(15)16/h2-5,8-9H,6H2,1H3,(H,13,14)(H,15,16)/t8-,9+/m1/s1. The van der Waals surface area contributed by atoms with Crippen LogP contribution in [0.15, 0.2) is 24.3 Å². The minimum Gasteiger partial charge on any atom is -0.481 e. The van der Waals surface area contributed by atoms with E-state index in [1.807, 2.05) is 31.2 Å². The van der Waals surface area contributed by atoms with E-state index in [4.69, 9.17) is 5.11 Å². The molecule has 0 heterocycles. The van der Waals surface area contributed by atoms with Crippen molar-refractivity contribution in [2.75, 3.05) is 5.32 Å². The molecule has 0 saturated heterocycles. The molecule has 4 nitrogen and oxygen atoms in total. The highest BCUT2D eigenvalue weighted by atomic mass is 16.4. The van der Waals surface area contributed by atoms with Gasteiger partial charge in [-0.15, -0.1) is 0 Å². The van der Waals surface area contributed by atoms with E-state index in [-0.39, 0.29) is 11.8 Å². The Morgan fingerprint density at radius 3 is 2.56 bits per heavy atom. The van der Waals surface area contributed by atoms with E-state index in [0.29, 0.717) is 6.42 Å². The summed E-state index contributed by atoms with van der Waals surface area (Å²) in [5.41, 5.74) is 1.73. The minimum atomic E-state index is -0.884. The molecule has 1 aliphatic rings. The van der Waals surface area contributed by atoms with Gasteiger partial charge in [-0.1, -0.05) is 18.2 Å². The summed E-state index contributed by atoms with van der Waals surface area (Å²) in [6.45, 7) is 1.90. The van der Waals surface area contributed by atoms with Gasteiger partial charge < -0.3 is 10.4 Å². The third-order valence-corrected chi connectivity index (χ3v) is 2.85. The lowest BCUT2D eigenvalue weighted by Gasteiger charge is -2.06. The summed E-state index contributed by atoms with van der Waals surface area (Å²) in [6, 6.07) is 7.44. The fourth-order valence-electron chi connectivity index (χ4n) is 1.70. The van der Waals surface area contributed by atoms with Crippen LogP contribution in [-0.4, -0.2) is 17.0 Å². The molecule has 0 aliphatic heterocycles. The van der Waals surface area contributed by atoms with Gasteiger partial charge in [-0.2, -0.15) is 0 Å². The summed E-state index contributed by atoms with van der Waals surface area (Å²) in [5.74, 6) is -1.94. The normalized spacial score (nSPS) is 22.6. The number of benzene rings is 1. The molecule has 2 rings (SSSR count). The van der Waals surface area contributed by atoms with Crippen LogP contribution in [0, 0.1) is 18.8 Å². The summed E-state index contributed by atoms with van der Waals surface area (Å²) >= 11 is 0. The summed E-state index contributed by atoms with van der Waals surface area (Å²) in [5, 5.41) is 11.5. The molecule has 1 aliphatic carbocycles. The van der Waals surface area contributed by atoms with Crippen molar-refractivity contribution in [1.82, 2.24) is 0 Å². The van der Waals surface area contributed by atoms with Crippen molar-refractivity contribution < 1.29 is 14.7 Å². The van der Waals surface area contributed by atoms with E-state index in [9.17, 15) is 9.59 Å². The van der Waals surface area contributed by atoms with E-state index in [1.54, 1.807) is 0 Å². The van der Waals surface area contributed by atoms with E-state index in [0.717, 1.165) is 11.3 Å². The molecule has 0 aromatic heterocycles. The molecule has 0 bridgehead atoms. The molecule has 2 atom stereocenters. The highest BCUT2D eigenvalue weighted by Gasteiger charge is 2.48. The van der Waals surface area contributed by atoms with Crippen molar-refractivity contribution >= 4 is 17.6 Å².